The molecule has 27 heavy (non-hydrogen) atoms. The van der Waals surface area contributed by atoms with E-state index in [0.717, 1.165) is 11.1 Å². The van der Waals surface area contributed by atoms with Gasteiger partial charge in [-0.05, 0) is 23.3 Å². The summed E-state index contributed by atoms with van der Waals surface area (Å²) in [6.45, 7) is 4.05. The van der Waals surface area contributed by atoms with Crippen LogP contribution in [0.1, 0.15) is 25.0 Å². The van der Waals surface area contributed by atoms with E-state index in [2.05, 4.69) is 0 Å². The van der Waals surface area contributed by atoms with E-state index < -0.39 is 17.4 Å². The Morgan fingerprint density at radius 1 is 0.741 bits per heavy atom. The highest BCUT2D eigenvalue weighted by Crippen LogP contribution is 2.16. The maximum atomic E-state index is 11.8. The summed E-state index contributed by atoms with van der Waals surface area (Å²) >= 11 is 0. The quantitative estimate of drug-likeness (QED) is 0.510. The highest BCUT2D eigenvalue weighted by molar-refractivity contribution is 5.87. The van der Waals surface area contributed by atoms with Gasteiger partial charge >= 0.3 is 11.9 Å². The van der Waals surface area contributed by atoms with Gasteiger partial charge in [-0.15, -0.1) is 0 Å². The van der Waals surface area contributed by atoms with Gasteiger partial charge in [-0.1, -0.05) is 74.5 Å². The molecule has 0 radical (unpaired) electrons. The van der Waals surface area contributed by atoms with E-state index in [0.29, 0.717) is 0 Å². The van der Waals surface area contributed by atoms with Gasteiger partial charge in [-0.2, -0.15) is 0 Å². The molecule has 0 bridgehead atoms. The third kappa shape index (κ3) is 8.19. The Hall–Kier alpha value is -3.14. The summed E-state index contributed by atoms with van der Waals surface area (Å²) in [5.74, 6) is -0.857. The third-order valence-electron chi connectivity index (χ3n) is 3.63. The van der Waals surface area contributed by atoms with E-state index in [1.807, 2.05) is 74.5 Å². The van der Waals surface area contributed by atoms with Crippen LogP contribution in [0, 0.1) is 5.41 Å². The largest absolute Gasteiger partial charge is 0.462 e. The maximum absolute atomic E-state index is 11.8. The van der Waals surface area contributed by atoms with Crippen molar-refractivity contribution in [1.82, 2.24) is 0 Å². The Morgan fingerprint density at radius 2 is 1.11 bits per heavy atom. The monoisotopic (exact) mass is 364 g/mol. The van der Waals surface area contributed by atoms with Crippen molar-refractivity contribution < 1.29 is 19.1 Å². The minimum atomic E-state index is -0.480. The molecule has 0 aliphatic heterocycles. The van der Waals surface area contributed by atoms with Crippen molar-refractivity contribution in [2.45, 2.75) is 13.8 Å². The lowest BCUT2D eigenvalue weighted by Crippen LogP contribution is -2.28. The molecule has 0 saturated carbocycles. The second kappa shape index (κ2) is 10.1. The van der Waals surface area contributed by atoms with Crippen molar-refractivity contribution in [3.8, 4) is 0 Å². The molecule has 0 aliphatic carbocycles. The molecule has 0 N–H and O–H groups in total. The zero-order chi connectivity index (χ0) is 19.5. The van der Waals surface area contributed by atoms with E-state index in [-0.39, 0.29) is 13.2 Å². The summed E-state index contributed by atoms with van der Waals surface area (Å²) in [5, 5.41) is 0. The van der Waals surface area contributed by atoms with Crippen molar-refractivity contribution in [2.75, 3.05) is 13.2 Å². The molecule has 0 atom stereocenters. The van der Waals surface area contributed by atoms with Crippen LogP contribution in [0.4, 0.5) is 0 Å². The molecule has 0 aliphatic rings. The van der Waals surface area contributed by atoms with E-state index in [1.54, 1.807) is 12.2 Å². The summed E-state index contributed by atoms with van der Waals surface area (Å²) < 4.78 is 10.5. The number of benzene rings is 2. The van der Waals surface area contributed by atoms with Crippen molar-refractivity contribution >= 4 is 24.1 Å². The number of esters is 2. The second-order valence-electron chi connectivity index (χ2n) is 6.87. The highest BCUT2D eigenvalue weighted by Gasteiger charge is 2.22. The van der Waals surface area contributed by atoms with Gasteiger partial charge in [0, 0.05) is 17.6 Å². The van der Waals surface area contributed by atoms with Crippen molar-refractivity contribution in [3.05, 3.63) is 83.9 Å². The average molecular weight is 364 g/mol. The predicted molar refractivity (Wildman–Crippen MR) is 107 cm³/mol. The predicted octanol–water partition coefficient (Wildman–Crippen LogP) is 4.53. The van der Waals surface area contributed by atoms with Crippen molar-refractivity contribution in [2.24, 2.45) is 5.41 Å². The molecule has 2 aromatic rings. The Balaban J connectivity index is 1.74. The summed E-state index contributed by atoms with van der Waals surface area (Å²) in [5.41, 5.74) is 1.37. The topological polar surface area (TPSA) is 52.6 Å². The minimum Gasteiger partial charge on any atom is -0.462 e. The fourth-order valence-corrected chi connectivity index (χ4v) is 2.13. The molecule has 140 valence electrons. The van der Waals surface area contributed by atoms with Crippen LogP contribution in [0.15, 0.2) is 72.8 Å². The Labute approximate surface area is 160 Å². The molecule has 0 spiro atoms. The van der Waals surface area contributed by atoms with Crippen LogP contribution in [-0.4, -0.2) is 25.2 Å². The number of hydrogen-bond donors (Lipinski definition) is 0. The number of carbonyl (C=O) groups is 2. The van der Waals surface area contributed by atoms with Crippen LogP contribution in [0.3, 0.4) is 0 Å². The number of carbonyl (C=O) groups excluding carboxylic acids is 2. The fraction of sp³-hybridized carbons (Fsp3) is 0.217. The Kier molecular flexibility index (Phi) is 7.56. The fourth-order valence-electron chi connectivity index (χ4n) is 2.13. The smallest absolute Gasteiger partial charge is 0.330 e. The lowest BCUT2D eigenvalue weighted by Gasteiger charge is -2.22. The Morgan fingerprint density at radius 3 is 1.48 bits per heavy atom. The molecular weight excluding hydrogens is 340 g/mol. The molecule has 0 aromatic heterocycles. The molecule has 0 amide bonds. The van der Waals surface area contributed by atoms with E-state index in [1.165, 1.54) is 12.2 Å². The lowest BCUT2D eigenvalue weighted by atomic mass is 9.96. The summed E-state index contributed by atoms with van der Waals surface area (Å²) in [6.07, 6.45) is 6.17. The minimum absolute atomic E-state index is 0.153. The molecule has 0 unspecified atom stereocenters. The first kappa shape index (κ1) is 20.2. The van der Waals surface area contributed by atoms with Crippen LogP contribution in [-0.2, 0) is 19.1 Å². The Bertz CT molecular complexity index is 722. The summed E-state index contributed by atoms with van der Waals surface area (Å²) in [6, 6.07) is 19.0. The first-order valence-electron chi connectivity index (χ1n) is 8.74. The van der Waals surface area contributed by atoms with Gasteiger partial charge in [0.05, 0.1) is 13.2 Å². The van der Waals surface area contributed by atoms with Crippen LogP contribution in [0.2, 0.25) is 0 Å². The van der Waals surface area contributed by atoms with E-state index in [4.69, 9.17) is 9.47 Å². The molecule has 0 heterocycles. The normalized spacial score (nSPS) is 11.6. The van der Waals surface area contributed by atoms with E-state index >= 15 is 0 Å². The molecular formula is C23H24O4. The first-order chi connectivity index (χ1) is 12.9. The van der Waals surface area contributed by atoms with Gasteiger partial charge in [0.1, 0.15) is 0 Å². The van der Waals surface area contributed by atoms with Gasteiger partial charge in [-0.25, -0.2) is 9.59 Å². The zero-order valence-corrected chi connectivity index (χ0v) is 15.6. The van der Waals surface area contributed by atoms with Crippen molar-refractivity contribution in [3.63, 3.8) is 0 Å². The second-order valence-corrected chi connectivity index (χ2v) is 6.87. The molecule has 4 heteroatoms. The van der Waals surface area contributed by atoms with Gasteiger partial charge in [0.25, 0.3) is 0 Å². The standard InChI is InChI=1S/C23H24O4/c1-23(2,17-26-21(24)15-13-19-9-5-3-6-10-19)18-27-22(25)16-14-20-11-7-4-8-12-20/h3-16H,17-18H2,1-2H3. The lowest BCUT2D eigenvalue weighted by molar-refractivity contribution is -0.146. The van der Waals surface area contributed by atoms with Crippen LogP contribution >= 0.6 is 0 Å². The molecule has 4 nitrogen and oxygen atoms in total. The van der Waals surface area contributed by atoms with Crippen LogP contribution in [0.25, 0.3) is 12.2 Å². The third-order valence-corrected chi connectivity index (χ3v) is 3.63. The number of hydrogen-bond acceptors (Lipinski definition) is 4. The number of rotatable bonds is 8. The van der Waals surface area contributed by atoms with Gasteiger partial charge < -0.3 is 9.47 Å². The van der Waals surface area contributed by atoms with Crippen LogP contribution < -0.4 is 0 Å². The molecule has 0 saturated heterocycles. The molecule has 2 rings (SSSR count). The van der Waals surface area contributed by atoms with Gasteiger partial charge in [0.2, 0.25) is 0 Å². The van der Waals surface area contributed by atoms with Crippen molar-refractivity contribution in [1.29, 1.82) is 0 Å². The summed E-state index contributed by atoms with van der Waals surface area (Å²) in [4.78, 5) is 23.7. The first-order valence-corrected chi connectivity index (χ1v) is 8.74. The van der Waals surface area contributed by atoms with Gasteiger partial charge in [-0.3, -0.25) is 0 Å². The van der Waals surface area contributed by atoms with Crippen LogP contribution in [0.5, 0.6) is 0 Å². The molecule has 0 fully saturated rings. The SMILES string of the molecule is CC(C)(COC(=O)C=Cc1ccccc1)COC(=O)C=Cc1ccccc1. The number of ether oxygens (including phenoxy) is 2. The molecule has 2 aromatic carbocycles. The average Bonchev–Trinajstić information content (AvgIpc) is 2.69. The summed E-state index contributed by atoms with van der Waals surface area (Å²) in [7, 11) is 0. The van der Waals surface area contributed by atoms with E-state index in [9.17, 15) is 9.59 Å². The maximum Gasteiger partial charge on any atom is 0.330 e. The highest BCUT2D eigenvalue weighted by atomic mass is 16.5. The zero-order valence-electron chi connectivity index (χ0n) is 15.6. The van der Waals surface area contributed by atoms with Gasteiger partial charge in [0.15, 0.2) is 0 Å².